The van der Waals surface area contributed by atoms with Crippen molar-refractivity contribution < 1.29 is 19.1 Å². The molecule has 1 aromatic carbocycles. The third-order valence-corrected chi connectivity index (χ3v) is 5.62. The first-order chi connectivity index (χ1) is 13.9. The number of carbonyl (C=O) groups is 2. The van der Waals surface area contributed by atoms with Gasteiger partial charge in [-0.05, 0) is 31.0 Å². The number of hydrogen-bond donors (Lipinski definition) is 1. The monoisotopic (exact) mass is 418 g/mol. The molecule has 1 aliphatic heterocycles. The average molecular weight is 419 g/mol. The quantitative estimate of drug-likeness (QED) is 0.806. The van der Waals surface area contributed by atoms with Gasteiger partial charge in [0.25, 0.3) is 0 Å². The highest BCUT2D eigenvalue weighted by molar-refractivity contribution is 7.14. The summed E-state index contributed by atoms with van der Waals surface area (Å²) < 4.78 is 10.7. The van der Waals surface area contributed by atoms with E-state index in [4.69, 9.17) is 9.47 Å². The van der Waals surface area contributed by atoms with Crippen LogP contribution in [0, 0.1) is 5.92 Å². The van der Waals surface area contributed by atoms with Crippen molar-refractivity contribution in [2.75, 3.05) is 46.7 Å². The maximum absolute atomic E-state index is 12.7. The molecule has 156 valence electrons. The number of benzene rings is 1. The van der Waals surface area contributed by atoms with Crippen LogP contribution in [0.15, 0.2) is 23.6 Å². The summed E-state index contributed by atoms with van der Waals surface area (Å²) in [4.78, 5) is 32.7. The zero-order valence-electron chi connectivity index (χ0n) is 17.1. The molecule has 2 aromatic rings. The Morgan fingerprint density at radius 3 is 2.76 bits per heavy atom. The van der Waals surface area contributed by atoms with Crippen LogP contribution in [-0.4, -0.2) is 68.1 Å². The maximum Gasteiger partial charge on any atom is 0.319 e. The molecule has 1 aromatic heterocycles. The Balaban J connectivity index is 1.70. The van der Waals surface area contributed by atoms with Gasteiger partial charge in [-0.3, -0.25) is 4.79 Å². The minimum Gasteiger partial charge on any atom is -0.497 e. The van der Waals surface area contributed by atoms with Crippen LogP contribution >= 0.6 is 11.3 Å². The molecule has 8 nitrogen and oxygen atoms in total. The van der Waals surface area contributed by atoms with Crippen LogP contribution < -0.4 is 14.8 Å². The SMILES string of the molecule is COc1ccc(OC)c(-c2csc(NC(=O)[C@@H]3CCCN(C(=O)N(C)C)C3)n2)c1. The fraction of sp³-hybridized carbons (Fsp3) is 0.450. The van der Waals surface area contributed by atoms with E-state index in [2.05, 4.69) is 10.3 Å². The lowest BCUT2D eigenvalue weighted by Gasteiger charge is -2.33. The van der Waals surface area contributed by atoms with Crippen molar-refractivity contribution in [2.24, 2.45) is 5.92 Å². The number of amides is 3. The van der Waals surface area contributed by atoms with Crippen molar-refractivity contribution in [3.05, 3.63) is 23.6 Å². The van der Waals surface area contributed by atoms with Gasteiger partial charge in [0.05, 0.1) is 25.8 Å². The number of hydrogen-bond acceptors (Lipinski definition) is 6. The van der Waals surface area contributed by atoms with Crippen LogP contribution in [0.5, 0.6) is 11.5 Å². The van der Waals surface area contributed by atoms with E-state index >= 15 is 0 Å². The van der Waals surface area contributed by atoms with Crippen LogP contribution in [-0.2, 0) is 4.79 Å². The number of thiazole rings is 1. The summed E-state index contributed by atoms with van der Waals surface area (Å²) in [6.07, 6.45) is 1.56. The molecule has 0 bridgehead atoms. The molecule has 0 radical (unpaired) electrons. The van der Waals surface area contributed by atoms with E-state index in [-0.39, 0.29) is 17.9 Å². The number of likely N-dealkylation sites (tertiary alicyclic amines) is 1. The minimum absolute atomic E-state index is 0.0656. The topological polar surface area (TPSA) is 84.0 Å². The summed E-state index contributed by atoms with van der Waals surface area (Å²) in [7, 11) is 6.64. The Hall–Kier alpha value is -2.81. The summed E-state index contributed by atoms with van der Waals surface area (Å²) in [5.41, 5.74) is 1.50. The van der Waals surface area contributed by atoms with Gasteiger partial charge in [-0.15, -0.1) is 11.3 Å². The number of urea groups is 1. The number of aromatic nitrogens is 1. The number of ether oxygens (including phenoxy) is 2. The maximum atomic E-state index is 12.7. The van der Waals surface area contributed by atoms with Gasteiger partial charge in [0.15, 0.2) is 5.13 Å². The molecule has 1 atom stereocenters. The normalized spacial score (nSPS) is 16.3. The molecule has 3 rings (SSSR count). The van der Waals surface area contributed by atoms with Crippen molar-refractivity contribution >= 4 is 28.4 Å². The van der Waals surface area contributed by atoms with Crippen LogP contribution in [0.1, 0.15) is 12.8 Å². The van der Waals surface area contributed by atoms with Crippen molar-refractivity contribution in [3.63, 3.8) is 0 Å². The van der Waals surface area contributed by atoms with Crippen LogP contribution in [0.2, 0.25) is 0 Å². The van der Waals surface area contributed by atoms with Gasteiger partial charge in [-0.25, -0.2) is 9.78 Å². The molecule has 0 saturated carbocycles. The molecule has 0 unspecified atom stereocenters. The predicted octanol–water partition coefficient (Wildman–Crippen LogP) is 3.16. The zero-order valence-corrected chi connectivity index (χ0v) is 17.9. The molecule has 1 aliphatic rings. The molecule has 9 heteroatoms. The second-order valence-electron chi connectivity index (χ2n) is 7.06. The summed E-state index contributed by atoms with van der Waals surface area (Å²) in [5, 5.41) is 5.29. The number of carbonyl (C=O) groups excluding carboxylic acids is 2. The number of nitrogens with zero attached hydrogens (tertiary/aromatic N) is 3. The van der Waals surface area contributed by atoms with E-state index in [1.165, 1.54) is 16.2 Å². The van der Waals surface area contributed by atoms with E-state index < -0.39 is 0 Å². The summed E-state index contributed by atoms with van der Waals surface area (Å²) >= 11 is 1.35. The lowest BCUT2D eigenvalue weighted by Crippen LogP contribution is -2.47. The first kappa shape index (κ1) is 20.9. The summed E-state index contributed by atoms with van der Waals surface area (Å²) in [5.74, 6) is 1.03. The molecular weight excluding hydrogens is 392 g/mol. The van der Waals surface area contributed by atoms with Crippen molar-refractivity contribution in [1.29, 1.82) is 0 Å². The number of rotatable bonds is 5. The highest BCUT2D eigenvalue weighted by Gasteiger charge is 2.29. The summed E-state index contributed by atoms with van der Waals surface area (Å²) in [6, 6.07) is 5.43. The third-order valence-electron chi connectivity index (χ3n) is 4.86. The Kier molecular flexibility index (Phi) is 6.58. The summed E-state index contributed by atoms with van der Waals surface area (Å²) in [6.45, 7) is 1.10. The lowest BCUT2D eigenvalue weighted by molar-refractivity contribution is -0.121. The lowest BCUT2D eigenvalue weighted by atomic mass is 9.97. The van der Waals surface area contributed by atoms with Gasteiger partial charge in [0.1, 0.15) is 11.5 Å². The van der Waals surface area contributed by atoms with Crippen molar-refractivity contribution in [3.8, 4) is 22.8 Å². The van der Waals surface area contributed by atoms with Gasteiger partial charge < -0.3 is 24.6 Å². The molecular formula is C20H26N4O4S. The first-order valence-electron chi connectivity index (χ1n) is 9.38. The Labute approximate surface area is 174 Å². The fourth-order valence-electron chi connectivity index (χ4n) is 3.32. The number of methoxy groups -OCH3 is 2. The van der Waals surface area contributed by atoms with Crippen LogP contribution in [0.25, 0.3) is 11.3 Å². The highest BCUT2D eigenvalue weighted by atomic mass is 32.1. The molecule has 0 aliphatic carbocycles. The molecule has 1 N–H and O–H groups in total. The van der Waals surface area contributed by atoms with Gasteiger partial charge in [0.2, 0.25) is 5.91 Å². The van der Waals surface area contributed by atoms with Crippen LogP contribution in [0.4, 0.5) is 9.93 Å². The minimum atomic E-state index is -0.244. The van der Waals surface area contributed by atoms with E-state index in [1.54, 1.807) is 33.2 Å². The molecule has 1 saturated heterocycles. The van der Waals surface area contributed by atoms with Gasteiger partial charge in [-0.1, -0.05) is 0 Å². The van der Waals surface area contributed by atoms with Crippen LogP contribution in [0.3, 0.4) is 0 Å². The fourth-order valence-corrected chi connectivity index (χ4v) is 4.04. The number of anilines is 1. The molecule has 29 heavy (non-hydrogen) atoms. The molecule has 0 spiro atoms. The third kappa shape index (κ3) is 4.79. The number of piperidine rings is 1. The van der Waals surface area contributed by atoms with Gasteiger partial charge >= 0.3 is 6.03 Å². The zero-order chi connectivity index (χ0) is 21.0. The van der Waals surface area contributed by atoms with E-state index in [0.717, 1.165) is 18.4 Å². The Morgan fingerprint density at radius 1 is 1.28 bits per heavy atom. The largest absolute Gasteiger partial charge is 0.497 e. The second kappa shape index (κ2) is 9.13. The number of nitrogens with one attached hydrogen (secondary N) is 1. The smallest absolute Gasteiger partial charge is 0.319 e. The van der Waals surface area contributed by atoms with E-state index in [9.17, 15) is 9.59 Å². The van der Waals surface area contributed by atoms with E-state index in [0.29, 0.717) is 35.4 Å². The van der Waals surface area contributed by atoms with Crippen molar-refractivity contribution in [1.82, 2.24) is 14.8 Å². The van der Waals surface area contributed by atoms with Gasteiger partial charge in [0, 0.05) is 38.1 Å². The Morgan fingerprint density at radius 2 is 2.07 bits per heavy atom. The van der Waals surface area contributed by atoms with E-state index in [1.807, 2.05) is 23.6 Å². The predicted molar refractivity (Wildman–Crippen MR) is 113 cm³/mol. The van der Waals surface area contributed by atoms with Crippen molar-refractivity contribution in [2.45, 2.75) is 12.8 Å². The molecule has 1 fully saturated rings. The van der Waals surface area contributed by atoms with Gasteiger partial charge in [-0.2, -0.15) is 0 Å². The standard InChI is InChI=1S/C20H26N4O4S/c1-23(2)20(26)24-9-5-6-13(11-24)18(25)22-19-21-16(12-29-19)15-10-14(27-3)7-8-17(15)28-4/h7-8,10,12-13H,5-6,9,11H2,1-4H3,(H,21,22,25)/t13-/m1/s1. The molecule has 3 amide bonds. The first-order valence-corrected chi connectivity index (χ1v) is 10.3. The highest BCUT2D eigenvalue weighted by Crippen LogP contribution is 2.35. The molecule has 2 heterocycles. The Bertz CT molecular complexity index is 883. The average Bonchev–Trinajstić information content (AvgIpc) is 3.20. The second-order valence-corrected chi connectivity index (χ2v) is 7.91.